The summed E-state index contributed by atoms with van der Waals surface area (Å²) in [5.74, 6) is -0.431. The Balaban J connectivity index is 1.25. The van der Waals surface area contributed by atoms with E-state index < -0.39 is 5.91 Å². The van der Waals surface area contributed by atoms with Crippen LogP contribution in [0.3, 0.4) is 0 Å². The molecule has 2 N–H and O–H groups in total. The van der Waals surface area contributed by atoms with Gasteiger partial charge in [-0.1, -0.05) is 48.9 Å². The molecule has 48 heavy (non-hydrogen) atoms. The van der Waals surface area contributed by atoms with E-state index >= 15 is 0 Å². The Kier molecular flexibility index (Phi) is 8.27. The fourth-order valence-corrected chi connectivity index (χ4v) is 7.11. The number of aryl methyl sites for hydroxylation is 1. The van der Waals surface area contributed by atoms with E-state index in [4.69, 9.17) is 16.6 Å². The number of aromatic nitrogens is 6. The Hall–Kier alpha value is -5.34. The van der Waals surface area contributed by atoms with Crippen LogP contribution in [0.4, 0.5) is 11.4 Å². The van der Waals surface area contributed by atoms with Gasteiger partial charge >= 0.3 is 0 Å². The highest BCUT2D eigenvalue weighted by atomic mass is 35.5. The average molecular weight is 684 g/mol. The molecule has 6 aromatic rings. The maximum absolute atomic E-state index is 14.2. The normalized spacial score (nSPS) is 13.4. The summed E-state index contributed by atoms with van der Waals surface area (Å²) in [4.78, 5) is 57.3. The minimum absolute atomic E-state index is 0.0608. The van der Waals surface area contributed by atoms with E-state index in [1.54, 1.807) is 33.8 Å². The van der Waals surface area contributed by atoms with Gasteiger partial charge in [0.25, 0.3) is 11.5 Å². The Morgan fingerprint density at radius 1 is 1.04 bits per heavy atom. The van der Waals surface area contributed by atoms with Crippen LogP contribution in [0.25, 0.3) is 27.3 Å². The SMILES string of the molecule is CCc1c(N2CCN(C(=O)c3ncnc(C)c3O)CC2)c(=O)n2nc(-c3ccccc3)nc2n1CC(=O)Nc1ccc2sccc2c1Cl. The average Bonchev–Trinajstić information content (AvgIpc) is 3.78. The molecule has 2 aromatic carbocycles. The van der Waals surface area contributed by atoms with Gasteiger partial charge < -0.3 is 24.8 Å². The lowest BCUT2D eigenvalue weighted by molar-refractivity contribution is -0.116. The van der Waals surface area contributed by atoms with Crippen molar-refractivity contribution in [3.8, 4) is 17.1 Å². The first-order valence-corrected chi connectivity index (χ1v) is 16.6. The van der Waals surface area contributed by atoms with Gasteiger partial charge in [0.2, 0.25) is 11.7 Å². The molecule has 0 unspecified atom stereocenters. The number of fused-ring (bicyclic) bond motifs is 2. The molecule has 1 aliphatic heterocycles. The van der Waals surface area contributed by atoms with Gasteiger partial charge in [-0.25, -0.2) is 9.97 Å². The van der Waals surface area contributed by atoms with Crippen LogP contribution < -0.4 is 15.8 Å². The number of hydrogen-bond donors (Lipinski definition) is 2. The molecule has 0 saturated carbocycles. The molecular weight excluding hydrogens is 654 g/mol. The van der Waals surface area contributed by atoms with Gasteiger partial charge in [0.1, 0.15) is 18.6 Å². The Morgan fingerprint density at radius 3 is 2.56 bits per heavy atom. The van der Waals surface area contributed by atoms with Gasteiger partial charge in [-0.15, -0.1) is 16.4 Å². The monoisotopic (exact) mass is 683 g/mol. The Morgan fingerprint density at radius 2 is 1.81 bits per heavy atom. The third kappa shape index (κ3) is 5.52. The third-order valence-electron chi connectivity index (χ3n) is 8.43. The highest BCUT2D eigenvalue weighted by Gasteiger charge is 2.30. The topological polar surface area (TPSA) is 151 Å². The fraction of sp³-hybridized carbons (Fsp3) is 0.242. The predicted octanol–water partition coefficient (Wildman–Crippen LogP) is 4.39. The molecule has 0 aliphatic carbocycles. The number of carbonyl (C=O) groups is 2. The molecule has 1 fully saturated rings. The van der Waals surface area contributed by atoms with Crippen molar-refractivity contribution in [1.29, 1.82) is 0 Å². The molecule has 1 aliphatic rings. The van der Waals surface area contributed by atoms with Crippen LogP contribution in [0.2, 0.25) is 5.02 Å². The van der Waals surface area contributed by atoms with Crippen LogP contribution in [0, 0.1) is 6.92 Å². The number of halogens is 1. The van der Waals surface area contributed by atoms with Crippen LogP contribution in [0.15, 0.2) is 65.0 Å². The van der Waals surface area contributed by atoms with Crippen molar-refractivity contribution in [2.24, 2.45) is 0 Å². The van der Waals surface area contributed by atoms with E-state index in [1.807, 2.05) is 59.7 Å². The number of nitrogens with zero attached hydrogens (tertiary/aromatic N) is 8. The lowest BCUT2D eigenvalue weighted by Gasteiger charge is -2.36. The van der Waals surface area contributed by atoms with Crippen molar-refractivity contribution in [2.75, 3.05) is 36.4 Å². The van der Waals surface area contributed by atoms with Gasteiger partial charge in [-0.3, -0.25) is 14.4 Å². The van der Waals surface area contributed by atoms with Crippen molar-refractivity contribution in [3.63, 3.8) is 0 Å². The Labute approximate surface area is 283 Å². The van der Waals surface area contributed by atoms with Crippen LogP contribution in [0.1, 0.15) is 28.8 Å². The van der Waals surface area contributed by atoms with E-state index in [9.17, 15) is 19.5 Å². The molecule has 13 nitrogen and oxygen atoms in total. The number of carbonyl (C=O) groups excluding carboxylic acids is 2. The van der Waals surface area contributed by atoms with Crippen LogP contribution >= 0.6 is 22.9 Å². The minimum atomic E-state index is -0.416. The molecule has 0 bridgehead atoms. The molecule has 5 heterocycles. The van der Waals surface area contributed by atoms with E-state index in [2.05, 4.69) is 20.4 Å². The van der Waals surface area contributed by atoms with E-state index in [0.29, 0.717) is 53.1 Å². The highest BCUT2D eigenvalue weighted by molar-refractivity contribution is 7.17. The summed E-state index contributed by atoms with van der Waals surface area (Å²) < 4.78 is 3.98. The first-order chi connectivity index (χ1) is 23.2. The largest absolute Gasteiger partial charge is 0.504 e. The number of aromatic hydroxyl groups is 1. The zero-order chi connectivity index (χ0) is 33.5. The molecule has 244 valence electrons. The lowest BCUT2D eigenvalue weighted by Crippen LogP contribution is -2.51. The first-order valence-electron chi connectivity index (χ1n) is 15.3. The van der Waals surface area contributed by atoms with E-state index in [0.717, 1.165) is 15.6 Å². The maximum Gasteiger partial charge on any atom is 0.299 e. The number of rotatable bonds is 7. The first kappa shape index (κ1) is 31.3. The third-order valence-corrected chi connectivity index (χ3v) is 9.72. The minimum Gasteiger partial charge on any atom is -0.504 e. The molecule has 2 amide bonds. The van der Waals surface area contributed by atoms with Gasteiger partial charge in [-0.05, 0) is 36.9 Å². The number of piperazine rings is 1. The maximum atomic E-state index is 14.2. The van der Waals surface area contributed by atoms with Crippen molar-refractivity contribution in [1.82, 2.24) is 34.0 Å². The van der Waals surface area contributed by atoms with Crippen LogP contribution in [0.5, 0.6) is 5.75 Å². The zero-order valence-corrected chi connectivity index (χ0v) is 27.6. The second-order valence-corrected chi connectivity index (χ2v) is 12.6. The van der Waals surface area contributed by atoms with Crippen LogP contribution in [-0.4, -0.2) is 77.1 Å². The summed E-state index contributed by atoms with van der Waals surface area (Å²) >= 11 is 8.22. The number of anilines is 2. The van der Waals surface area contributed by atoms with Gasteiger partial charge in [0.15, 0.2) is 17.3 Å². The standard InChI is InChI=1S/C33H30ClN9O4S/c1-3-23-28(40-12-14-41(15-13-40)31(46)27-29(45)19(2)35-18-36-27)32(47)43-33(38-30(39-43)20-7-5-4-6-8-20)42(23)17-25(44)37-22-9-10-24-21(26(22)34)11-16-48-24/h4-11,16,18,45H,3,12-15,17H2,1-2H3,(H,37,44). The molecule has 0 spiro atoms. The van der Waals surface area contributed by atoms with E-state index in [-0.39, 0.29) is 48.3 Å². The molecule has 4 aromatic heterocycles. The number of amides is 2. The van der Waals surface area contributed by atoms with Crippen molar-refractivity contribution in [3.05, 3.63) is 92.7 Å². The van der Waals surface area contributed by atoms with E-state index in [1.165, 1.54) is 10.8 Å². The Bertz CT molecular complexity index is 2260. The number of nitrogens with one attached hydrogen (secondary N) is 1. The number of hydrogen-bond acceptors (Lipinski definition) is 10. The quantitative estimate of drug-likeness (QED) is 0.250. The molecule has 0 radical (unpaired) electrons. The summed E-state index contributed by atoms with van der Waals surface area (Å²) in [7, 11) is 0. The number of thiophene rings is 1. The summed E-state index contributed by atoms with van der Waals surface area (Å²) in [5, 5.41) is 21.2. The van der Waals surface area contributed by atoms with Crippen LogP contribution in [-0.2, 0) is 17.8 Å². The molecule has 7 rings (SSSR count). The molecule has 0 atom stereocenters. The van der Waals surface area contributed by atoms with Crippen molar-refractivity contribution in [2.45, 2.75) is 26.8 Å². The zero-order valence-electron chi connectivity index (χ0n) is 26.1. The smallest absolute Gasteiger partial charge is 0.299 e. The highest BCUT2D eigenvalue weighted by Crippen LogP contribution is 2.34. The summed E-state index contributed by atoms with van der Waals surface area (Å²) in [5.41, 5.74) is 2.08. The van der Waals surface area contributed by atoms with Crippen molar-refractivity contribution >= 4 is 62.0 Å². The summed E-state index contributed by atoms with van der Waals surface area (Å²) in [6.45, 7) is 4.57. The summed E-state index contributed by atoms with van der Waals surface area (Å²) in [6, 6.07) is 14.9. The molecule has 15 heteroatoms. The fourth-order valence-electron chi connectivity index (χ4n) is 5.98. The van der Waals surface area contributed by atoms with Crippen molar-refractivity contribution < 1.29 is 14.7 Å². The summed E-state index contributed by atoms with van der Waals surface area (Å²) in [6.07, 6.45) is 1.66. The van der Waals surface area contributed by atoms with Gasteiger partial charge in [0, 0.05) is 41.8 Å². The molecular formula is C33H30ClN9O4S. The number of benzene rings is 2. The second-order valence-electron chi connectivity index (χ2n) is 11.3. The lowest BCUT2D eigenvalue weighted by atomic mass is 10.2. The molecule has 1 saturated heterocycles. The van der Waals surface area contributed by atoms with Gasteiger partial charge in [-0.2, -0.15) is 9.50 Å². The second kappa shape index (κ2) is 12.7. The van der Waals surface area contributed by atoms with Gasteiger partial charge in [0.05, 0.1) is 22.1 Å². The predicted molar refractivity (Wildman–Crippen MR) is 184 cm³/mol.